The lowest BCUT2D eigenvalue weighted by atomic mass is 10.4. The van der Waals surface area contributed by atoms with Crippen LogP contribution in [-0.2, 0) is 4.74 Å². The monoisotopic (exact) mass is 130 g/mol. The SMILES string of the molecule is CC(CN)OC1NC1C. The van der Waals surface area contributed by atoms with Crippen molar-refractivity contribution in [3.05, 3.63) is 0 Å². The van der Waals surface area contributed by atoms with Crippen molar-refractivity contribution in [2.75, 3.05) is 6.54 Å². The van der Waals surface area contributed by atoms with E-state index in [4.69, 9.17) is 10.5 Å². The van der Waals surface area contributed by atoms with Crippen molar-refractivity contribution in [2.24, 2.45) is 5.73 Å². The molecule has 1 saturated heterocycles. The quantitative estimate of drug-likeness (QED) is 0.514. The van der Waals surface area contributed by atoms with Crippen LogP contribution in [0.1, 0.15) is 13.8 Å². The maximum atomic E-state index is 5.39. The lowest BCUT2D eigenvalue weighted by Crippen LogP contribution is -2.22. The normalized spacial score (nSPS) is 36.3. The fraction of sp³-hybridized carbons (Fsp3) is 1.00. The Balaban J connectivity index is 2.05. The Labute approximate surface area is 55.6 Å². The van der Waals surface area contributed by atoms with Gasteiger partial charge in [0.1, 0.15) is 6.23 Å². The molecule has 0 radical (unpaired) electrons. The van der Waals surface area contributed by atoms with E-state index in [-0.39, 0.29) is 12.3 Å². The first-order valence-electron chi connectivity index (χ1n) is 3.35. The van der Waals surface area contributed by atoms with Gasteiger partial charge in [-0.05, 0) is 13.8 Å². The first-order valence-corrected chi connectivity index (χ1v) is 3.35. The Morgan fingerprint density at radius 2 is 2.33 bits per heavy atom. The summed E-state index contributed by atoms with van der Waals surface area (Å²) in [6, 6.07) is 0.527. The van der Waals surface area contributed by atoms with Crippen molar-refractivity contribution >= 4 is 0 Å². The standard InChI is InChI=1S/C6H14N2O/c1-4(3-7)9-6-5(2)8-6/h4-6,8H,3,7H2,1-2H3. The second kappa shape index (κ2) is 2.64. The van der Waals surface area contributed by atoms with Crippen LogP contribution in [0.25, 0.3) is 0 Å². The first-order chi connectivity index (χ1) is 4.24. The van der Waals surface area contributed by atoms with Gasteiger partial charge in [-0.25, -0.2) is 0 Å². The molecule has 0 aromatic rings. The van der Waals surface area contributed by atoms with E-state index < -0.39 is 0 Å². The molecule has 0 bridgehead atoms. The van der Waals surface area contributed by atoms with Gasteiger partial charge < -0.3 is 10.5 Å². The van der Waals surface area contributed by atoms with Crippen molar-refractivity contribution in [3.8, 4) is 0 Å². The summed E-state index contributed by atoms with van der Waals surface area (Å²) in [4.78, 5) is 0. The summed E-state index contributed by atoms with van der Waals surface area (Å²) < 4.78 is 5.39. The van der Waals surface area contributed by atoms with Crippen LogP contribution in [-0.4, -0.2) is 24.9 Å². The summed E-state index contributed by atoms with van der Waals surface area (Å²) in [6.07, 6.45) is 0.455. The maximum Gasteiger partial charge on any atom is 0.124 e. The van der Waals surface area contributed by atoms with E-state index in [9.17, 15) is 0 Å². The molecule has 3 N–H and O–H groups in total. The van der Waals surface area contributed by atoms with Crippen molar-refractivity contribution in [2.45, 2.75) is 32.2 Å². The Bertz CT molecular complexity index is 95.1. The van der Waals surface area contributed by atoms with Crippen LogP contribution >= 0.6 is 0 Å². The molecule has 3 heteroatoms. The second-order valence-electron chi connectivity index (χ2n) is 2.56. The molecule has 1 aliphatic heterocycles. The van der Waals surface area contributed by atoms with Gasteiger partial charge in [0.2, 0.25) is 0 Å². The predicted octanol–water partition coefficient (Wildman–Crippen LogP) is -0.332. The number of nitrogens with one attached hydrogen (secondary N) is 1. The van der Waals surface area contributed by atoms with E-state index in [0.29, 0.717) is 12.6 Å². The van der Waals surface area contributed by atoms with Gasteiger partial charge >= 0.3 is 0 Å². The van der Waals surface area contributed by atoms with Gasteiger partial charge in [0, 0.05) is 12.6 Å². The highest BCUT2D eigenvalue weighted by Crippen LogP contribution is 2.12. The number of ether oxygens (including phenoxy) is 1. The van der Waals surface area contributed by atoms with Gasteiger partial charge in [-0.3, -0.25) is 5.32 Å². The van der Waals surface area contributed by atoms with Gasteiger partial charge in [0.25, 0.3) is 0 Å². The molecule has 0 aromatic carbocycles. The largest absolute Gasteiger partial charge is 0.357 e. The fourth-order valence-electron chi connectivity index (χ4n) is 0.667. The van der Waals surface area contributed by atoms with E-state index in [1.54, 1.807) is 0 Å². The molecule has 1 aliphatic rings. The van der Waals surface area contributed by atoms with Crippen LogP contribution in [0.4, 0.5) is 0 Å². The van der Waals surface area contributed by atoms with Crippen LogP contribution in [0.3, 0.4) is 0 Å². The van der Waals surface area contributed by atoms with Crippen LogP contribution < -0.4 is 11.1 Å². The highest BCUT2D eigenvalue weighted by molar-refractivity contribution is 4.86. The predicted molar refractivity (Wildman–Crippen MR) is 36.0 cm³/mol. The van der Waals surface area contributed by atoms with Crippen LogP contribution in [0.15, 0.2) is 0 Å². The minimum atomic E-state index is 0.187. The minimum absolute atomic E-state index is 0.187. The molecular weight excluding hydrogens is 116 g/mol. The van der Waals surface area contributed by atoms with Crippen molar-refractivity contribution in [1.29, 1.82) is 0 Å². The Morgan fingerprint density at radius 3 is 2.67 bits per heavy atom. The molecule has 0 amide bonds. The fourth-order valence-corrected chi connectivity index (χ4v) is 0.667. The molecule has 9 heavy (non-hydrogen) atoms. The third-order valence-electron chi connectivity index (χ3n) is 1.48. The zero-order valence-corrected chi connectivity index (χ0v) is 5.92. The lowest BCUT2D eigenvalue weighted by molar-refractivity contribution is 0.0518. The van der Waals surface area contributed by atoms with E-state index in [1.807, 2.05) is 6.92 Å². The summed E-state index contributed by atoms with van der Waals surface area (Å²) in [7, 11) is 0. The lowest BCUT2D eigenvalue weighted by Gasteiger charge is -2.07. The van der Waals surface area contributed by atoms with Crippen LogP contribution in [0.5, 0.6) is 0 Å². The Morgan fingerprint density at radius 1 is 1.78 bits per heavy atom. The summed E-state index contributed by atoms with van der Waals surface area (Å²) >= 11 is 0. The summed E-state index contributed by atoms with van der Waals surface area (Å²) in [6.45, 7) is 4.67. The molecule has 1 rings (SSSR count). The smallest absolute Gasteiger partial charge is 0.124 e. The Hall–Kier alpha value is -0.120. The number of hydrogen-bond acceptors (Lipinski definition) is 3. The van der Waals surface area contributed by atoms with Gasteiger partial charge in [0.05, 0.1) is 6.10 Å². The van der Waals surface area contributed by atoms with E-state index in [1.165, 1.54) is 0 Å². The highest BCUT2D eigenvalue weighted by atomic mass is 16.5. The van der Waals surface area contributed by atoms with Gasteiger partial charge in [-0.2, -0.15) is 0 Å². The first kappa shape index (κ1) is 6.99. The molecule has 3 atom stereocenters. The van der Waals surface area contributed by atoms with Gasteiger partial charge in [0.15, 0.2) is 0 Å². The molecule has 54 valence electrons. The molecule has 0 aromatic heterocycles. The van der Waals surface area contributed by atoms with E-state index >= 15 is 0 Å². The van der Waals surface area contributed by atoms with Gasteiger partial charge in [-0.1, -0.05) is 0 Å². The van der Waals surface area contributed by atoms with Crippen LogP contribution in [0, 0.1) is 0 Å². The molecule has 0 saturated carbocycles. The zero-order valence-electron chi connectivity index (χ0n) is 5.92. The molecule has 3 nitrogen and oxygen atoms in total. The molecule has 1 fully saturated rings. The topological polar surface area (TPSA) is 57.2 Å². The molecule has 1 heterocycles. The van der Waals surface area contributed by atoms with Crippen molar-refractivity contribution < 1.29 is 4.74 Å². The molecule has 0 spiro atoms. The zero-order chi connectivity index (χ0) is 6.85. The van der Waals surface area contributed by atoms with Crippen LogP contribution in [0.2, 0.25) is 0 Å². The summed E-state index contributed by atoms with van der Waals surface area (Å²) in [5.74, 6) is 0. The van der Waals surface area contributed by atoms with Gasteiger partial charge in [-0.15, -0.1) is 0 Å². The summed E-state index contributed by atoms with van der Waals surface area (Å²) in [5, 5.41) is 3.12. The molecular formula is C6H14N2O. The average molecular weight is 130 g/mol. The summed E-state index contributed by atoms with van der Waals surface area (Å²) in [5.41, 5.74) is 5.34. The van der Waals surface area contributed by atoms with E-state index in [2.05, 4.69) is 12.2 Å². The third-order valence-corrected chi connectivity index (χ3v) is 1.48. The van der Waals surface area contributed by atoms with Crippen molar-refractivity contribution in [1.82, 2.24) is 5.32 Å². The average Bonchev–Trinajstić information content (AvgIpc) is 2.47. The number of nitrogens with two attached hydrogens (primary N) is 1. The third kappa shape index (κ3) is 1.93. The Kier molecular flexibility index (Phi) is 2.05. The second-order valence-corrected chi connectivity index (χ2v) is 2.56. The molecule has 0 aliphatic carbocycles. The van der Waals surface area contributed by atoms with E-state index in [0.717, 1.165) is 0 Å². The minimum Gasteiger partial charge on any atom is -0.357 e. The van der Waals surface area contributed by atoms with Crippen molar-refractivity contribution in [3.63, 3.8) is 0 Å². The maximum absolute atomic E-state index is 5.39. The number of rotatable bonds is 3. The molecule has 3 unspecified atom stereocenters. The number of hydrogen-bond donors (Lipinski definition) is 2. The highest BCUT2D eigenvalue weighted by Gasteiger charge is 2.33.